The fourth-order valence-corrected chi connectivity index (χ4v) is 2.07. The van der Waals surface area contributed by atoms with Gasteiger partial charge in [-0.05, 0) is 39.5 Å². The van der Waals surface area contributed by atoms with Crippen LogP contribution >= 0.6 is 27.5 Å². The third-order valence-corrected chi connectivity index (χ3v) is 3.78. The van der Waals surface area contributed by atoms with Crippen molar-refractivity contribution in [2.45, 2.75) is 19.2 Å². The summed E-state index contributed by atoms with van der Waals surface area (Å²) in [5.41, 5.74) is 1.10. The summed E-state index contributed by atoms with van der Waals surface area (Å²) in [6.45, 7) is 5.34. The second kappa shape index (κ2) is 7.24. The molecule has 1 aromatic carbocycles. The van der Waals surface area contributed by atoms with Crippen LogP contribution in [-0.2, 0) is 4.74 Å². The van der Waals surface area contributed by atoms with E-state index in [9.17, 15) is 0 Å². The average molecular weight is 322 g/mol. The maximum atomic E-state index is 6.31. The number of rotatable bonds is 6. The molecule has 0 radical (unpaired) electrons. The van der Waals surface area contributed by atoms with E-state index in [1.807, 2.05) is 18.2 Å². The lowest BCUT2D eigenvalue weighted by atomic mass is 10.0. The Balaban J connectivity index is 2.72. The molecule has 0 saturated carbocycles. The van der Waals surface area contributed by atoms with Crippen LogP contribution < -0.4 is 4.74 Å². The summed E-state index contributed by atoms with van der Waals surface area (Å²) in [6.07, 6.45) is 0. The molecule has 0 aliphatic rings. The maximum absolute atomic E-state index is 6.31. The van der Waals surface area contributed by atoms with Crippen molar-refractivity contribution in [3.63, 3.8) is 0 Å². The average Bonchev–Trinajstić information content (AvgIpc) is 2.30. The van der Waals surface area contributed by atoms with Gasteiger partial charge < -0.3 is 9.47 Å². The van der Waals surface area contributed by atoms with E-state index in [0.29, 0.717) is 19.1 Å². The lowest BCUT2D eigenvalue weighted by Gasteiger charge is -2.15. The molecule has 0 bridgehead atoms. The maximum Gasteiger partial charge on any atom is 0.133 e. The van der Waals surface area contributed by atoms with Crippen LogP contribution in [0.4, 0.5) is 0 Å². The molecule has 0 aliphatic heterocycles. The predicted octanol–water partition coefficient (Wildman–Crippen LogP) is 4.41. The summed E-state index contributed by atoms with van der Waals surface area (Å²) < 4.78 is 11.4. The normalized spacial score (nSPS) is 12.8. The Labute approximate surface area is 116 Å². The first-order valence-corrected chi connectivity index (χ1v) is 6.84. The fraction of sp³-hybridized carbons (Fsp3) is 0.538. The molecule has 1 atom stereocenters. The van der Waals surface area contributed by atoms with Crippen LogP contribution in [0.2, 0.25) is 0 Å². The van der Waals surface area contributed by atoms with Crippen molar-refractivity contribution in [2.24, 2.45) is 5.92 Å². The van der Waals surface area contributed by atoms with E-state index in [0.717, 1.165) is 15.8 Å². The minimum Gasteiger partial charge on any atom is -0.490 e. The van der Waals surface area contributed by atoms with Gasteiger partial charge in [0.1, 0.15) is 12.4 Å². The van der Waals surface area contributed by atoms with Crippen LogP contribution in [-0.4, -0.2) is 20.3 Å². The topological polar surface area (TPSA) is 18.5 Å². The Hall–Kier alpha value is -0.250. The minimum absolute atomic E-state index is 0.0272. The summed E-state index contributed by atoms with van der Waals surface area (Å²) in [7, 11) is 1.65. The second-order valence-corrected chi connectivity index (χ2v) is 5.50. The number of alkyl halides is 1. The number of ether oxygens (including phenoxy) is 2. The number of hydrogen-bond acceptors (Lipinski definition) is 2. The van der Waals surface area contributed by atoms with Gasteiger partial charge in [-0.2, -0.15) is 0 Å². The van der Waals surface area contributed by atoms with E-state index >= 15 is 0 Å². The third kappa shape index (κ3) is 4.49. The highest BCUT2D eigenvalue weighted by Crippen LogP contribution is 2.34. The van der Waals surface area contributed by atoms with Crippen molar-refractivity contribution in [1.82, 2.24) is 0 Å². The van der Waals surface area contributed by atoms with Gasteiger partial charge in [0.25, 0.3) is 0 Å². The van der Waals surface area contributed by atoms with Crippen LogP contribution in [0.25, 0.3) is 0 Å². The van der Waals surface area contributed by atoms with E-state index in [1.54, 1.807) is 7.11 Å². The lowest BCUT2D eigenvalue weighted by molar-refractivity contribution is 0.146. The third-order valence-electron chi connectivity index (χ3n) is 2.40. The molecule has 0 spiro atoms. The van der Waals surface area contributed by atoms with Crippen LogP contribution in [0.15, 0.2) is 22.7 Å². The van der Waals surface area contributed by atoms with Crippen LogP contribution in [0.3, 0.4) is 0 Å². The van der Waals surface area contributed by atoms with Gasteiger partial charge >= 0.3 is 0 Å². The fourth-order valence-electron chi connectivity index (χ4n) is 1.43. The predicted molar refractivity (Wildman–Crippen MR) is 74.9 cm³/mol. The zero-order chi connectivity index (χ0) is 12.8. The van der Waals surface area contributed by atoms with Gasteiger partial charge in [0.05, 0.1) is 16.5 Å². The zero-order valence-electron chi connectivity index (χ0n) is 10.4. The summed E-state index contributed by atoms with van der Waals surface area (Å²) in [6, 6.07) is 5.96. The minimum atomic E-state index is 0.0272. The number of benzene rings is 1. The second-order valence-electron chi connectivity index (χ2n) is 4.18. The first kappa shape index (κ1) is 14.8. The molecule has 1 unspecified atom stereocenters. The lowest BCUT2D eigenvalue weighted by Crippen LogP contribution is -2.05. The molecule has 17 heavy (non-hydrogen) atoms. The molecule has 96 valence electrons. The molecule has 1 rings (SSSR count). The quantitative estimate of drug-likeness (QED) is 0.571. The summed E-state index contributed by atoms with van der Waals surface area (Å²) in [5.74, 6) is 1.22. The Bertz CT molecular complexity index is 355. The Kier molecular flexibility index (Phi) is 6.31. The Morgan fingerprint density at radius 2 is 2.00 bits per heavy atom. The van der Waals surface area contributed by atoms with Crippen LogP contribution in [0.5, 0.6) is 5.75 Å². The monoisotopic (exact) mass is 320 g/mol. The molecule has 0 N–H and O–H groups in total. The van der Waals surface area contributed by atoms with Crippen LogP contribution in [0, 0.1) is 5.92 Å². The molecule has 0 fully saturated rings. The summed E-state index contributed by atoms with van der Waals surface area (Å²) in [5, 5.41) is 0.0272. The molecule has 1 aromatic rings. The zero-order valence-corrected chi connectivity index (χ0v) is 12.7. The highest BCUT2D eigenvalue weighted by molar-refractivity contribution is 9.10. The van der Waals surface area contributed by atoms with Crippen molar-refractivity contribution in [3.8, 4) is 5.75 Å². The first-order valence-electron chi connectivity index (χ1n) is 5.61. The SMILES string of the molecule is COCCOc1ccc(C(Cl)C(C)C)cc1Br. The summed E-state index contributed by atoms with van der Waals surface area (Å²) >= 11 is 9.80. The van der Waals surface area contributed by atoms with Gasteiger partial charge in [-0.1, -0.05) is 19.9 Å². The summed E-state index contributed by atoms with van der Waals surface area (Å²) in [4.78, 5) is 0. The van der Waals surface area contributed by atoms with Crippen molar-refractivity contribution in [2.75, 3.05) is 20.3 Å². The van der Waals surface area contributed by atoms with E-state index in [1.165, 1.54) is 0 Å². The molecule has 0 heterocycles. The van der Waals surface area contributed by atoms with E-state index in [-0.39, 0.29) is 5.38 Å². The van der Waals surface area contributed by atoms with Gasteiger partial charge in [-0.3, -0.25) is 0 Å². The van der Waals surface area contributed by atoms with Gasteiger partial charge in [0, 0.05) is 7.11 Å². The van der Waals surface area contributed by atoms with Gasteiger partial charge in [-0.15, -0.1) is 11.6 Å². The molecule has 4 heteroatoms. The van der Waals surface area contributed by atoms with E-state index in [4.69, 9.17) is 21.1 Å². The van der Waals surface area contributed by atoms with Gasteiger partial charge in [0.15, 0.2) is 0 Å². The van der Waals surface area contributed by atoms with Crippen molar-refractivity contribution in [3.05, 3.63) is 28.2 Å². The molecule has 0 saturated heterocycles. The highest BCUT2D eigenvalue weighted by atomic mass is 79.9. The first-order chi connectivity index (χ1) is 8.06. The van der Waals surface area contributed by atoms with Gasteiger partial charge in [0.2, 0.25) is 0 Å². The molecule has 0 amide bonds. The number of methoxy groups -OCH3 is 1. The molecule has 0 aromatic heterocycles. The van der Waals surface area contributed by atoms with E-state index < -0.39 is 0 Å². The van der Waals surface area contributed by atoms with Crippen molar-refractivity contribution >= 4 is 27.5 Å². The van der Waals surface area contributed by atoms with E-state index in [2.05, 4.69) is 29.8 Å². The largest absolute Gasteiger partial charge is 0.490 e. The smallest absolute Gasteiger partial charge is 0.133 e. The molecular weight excluding hydrogens is 303 g/mol. The van der Waals surface area contributed by atoms with Crippen LogP contribution in [0.1, 0.15) is 24.8 Å². The van der Waals surface area contributed by atoms with Gasteiger partial charge in [-0.25, -0.2) is 0 Å². The molecular formula is C13H18BrClO2. The van der Waals surface area contributed by atoms with Crippen molar-refractivity contribution in [1.29, 1.82) is 0 Å². The number of halogens is 2. The Morgan fingerprint density at radius 1 is 1.29 bits per heavy atom. The Morgan fingerprint density at radius 3 is 2.53 bits per heavy atom. The molecule has 2 nitrogen and oxygen atoms in total. The number of hydrogen-bond donors (Lipinski definition) is 0. The van der Waals surface area contributed by atoms with Crippen molar-refractivity contribution < 1.29 is 9.47 Å². The molecule has 0 aliphatic carbocycles. The standard InChI is InChI=1S/C13H18BrClO2/c1-9(2)13(15)10-4-5-12(11(14)8-10)17-7-6-16-3/h4-5,8-9,13H,6-7H2,1-3H3. The highest BCUT2D eigenvalue weighted by Gasteiger charge is 2.13.